The molecule has 0 fully saturated rings. The smallest absolute Gasteiger partial charge is 0.127 e. The molecule has 20 heavy (non-hydrogen) atoms. The second kappa shape index (κ2) is 6.48. The van der Waals surface area contributed by atoms with Gasteiger partial charge in [-0.1, -0.05) is 6.07 Å². The third-order valence-corrected chi connectivity index (χ3v) is 3.38. The van der Waals surface area contributed by atoms with Gasteiger partial charge in [-0.2, -0.15) is 0 Å². The van der Waals surface area contributed by atoms with E-state index in [2.05, 4.69) is 19.2 Å². The number of hydrogen-bond donors (Lipinski definition) is 1. The van der Waals surface area contributed by atoms with Crippen molar-refractivity contribution in [3.8, 4) is 11.5 Å². The minimum Gasteiger partial charge on any atom is -0.497 e. The maximum atomic E-state index is 5.44. The van der Waals surface area contributed by atoms with E-state index in [1.54, 1.807) is 20.5 Å². The fourth-order valence-corrected chi connectivity index (χ4v) is 2.26. The number of hydrogen-bond acceptors (Lipinski definition) is 4. The van der Waals surface area contributed by atoms with E-state index < -0.39 is 0 Å². The van der Waals surface area contributed by atoms with Crippen LogP contribution in [0.3, 0.4) is 0 Å². The van der Waals surface area contributed by atoms with Crippen molar-refractivity contribution < 1.29 is 13.9 Å². The molecule has 4 nitrogen and oxygen atoms in total. The van der Waals surface area contributed by atoms with Gasteiger partial charge in [-0.25, -0.2) is 0 Å². The zero-order valence-corrected chi connectivity index (χ0v) is 12.3. The topological polar surface area (TPSA) is 43.6 Å². The molecule has 0 saturated carbocycles. The van der Waals surface area contributed by atoms with E-state index in [9.17, 15) is 0 Å². The van der Waals surface area contributed by atoms with E-state index in [4.69, 9.17) is 13.9 Å². The average Bonchev–Trinajstić information content (AvgIpc) is 3.00. The Kier molecular flexibility index (Phi) is 4.69. The maximum Gasteiger partial charge on any atom is 0.127 e. The molecule has 0 saturated heterocycles. The van der Waals surface area contributed by atoms with Gasteiger partial charge in [0.05, 0.1) is 26.5 Å². The first-order valence-electron chi connectivity index (χ1n) is 6.67. The van der Waals surface area contributed by atoms with Gasteiger partial charge in [0.2, 0.25) is 0 Å². The lowest BCUT2D eigenvalue weighted by Gasteiger charge is -2.21. The Morgan fingerprint density at radius 1 is 1.05 bits per heavy atom. The van der Waals surface area contributed by atoms with Crippen molar-refractivity contribution in [2.45, 2.75) is 25.9 Å². The standard InChI is InChI=1S/C16H21NO3/c1-11(17-12(2)15-6-5-9-20-15)14-8-7-13(18-3)10-16(14)19-4/h5-12,17H,1-4H3/t11?,12-/m1/s1. The van der Waals surface area contributed by atoms with Gasteiger partial charge in [-0.3, -0.25) is 0 Å². The van der Waals surface area contributed by atoms with Crippen molar-refractivity contribution in [2.75, 3.05) is 14.2 Å². The predicted octanol–water partition coefficient (Wildman–Crippen LogP) is 3.71. The molecular weight excluding hydrogens is 254 g/mol. The van der Waals surface area contributed by atoms with Crippen LogP contribution in [0.2, 0.25) is 0 Å². The maximum absolute atomic E-state index is 5.44. The van der Waals surface area contributed by atoms with Crippen LogP contribution in [0, 0.1) is 0 Å². The minimum absolute atomic E-state index is 0.131. The highest BCUT2D eigenvalue weighted by Gasteiger charge is 2.16. The largest absolute Gasteiger partial charge is 0.497 e. The monoisotopic (exact) mass is 275 g/mol. The molecule has 0 radical (unpaired) electrons. The molecule has 0 aliphatic rings. The van der Waals surface area contributed by atoms with Gasteiger partial charge in [-0.05, 0) is 32.0 Å². The molecule has 2 rings (SSSR count). The van der Waals surface area contributed by atoms with Gasteiger partial charge in [0.25, 0.3) is 0 Å². The number of benzene rings is 1. The molecule has 4 heteroatoms. The average molecular weight is 275 g/mol. The zero-order valence-electron chi connectivity index (χ0n) is 12.3. The van der Waals surface area contributed by atoms with E-state index in [0.29, 0.717) is 0 Å². The Bertz CT molecular complexity index is 537. The van der Waals surface area contributed by atoms with Crippen LogP contribution < -0.4 is 14.8 Å². The molecule has 0 spiro atoms. The van der Waals surface area contributed by atoms with E-state index in [1.807, 2.05) is 30.3 Å². The lowest BCUT2D eigenvalue weighted by molar-refractivity contribution is 0.373. The van der Waals surface area contributed by atoms with Crippen LogP contribution in [0.4, 0.5) is 0 Å². The lowest BCUT2D eigenvalue weighted by atomic mass is 10.1. The van der Waals surface area contributed by atoms with E-state index >= 15 is 0 Å². The molecule has 2 atom stereocenters. The number of nitrogens with one attached hydrogen (secondary N) is 1. The summed E-state index contributed by atoms with van der Waals surface area (Å²) in [5.41, 5.74) is 1.09. The molecule has 1 aromatic heterocycles. The van der Waals surface area contributed by atoms with Crippen molar-refractivity contribution in [2.24, 2.45) is 0 Å². The van der Waals surface area contributed by atoms with Crippen LogP contribution in [0.1, 0.15) is 37.3 Å². The molecule has 1 unspecified atom stereocenters. The zero-order chi connectivity index (χ0) is 14.5. The first-order valence-corrected chi connectivity index (χ1v) is 6.67. The second-order valence-corrected chi connectivity index (χ2v) is 4.73. The fraction of sp³-hybridized carbons (Fsp3) is 0.375. The first-order chi connectivity index (χ1) is 9.65. The molecule has 0 bridgehead atoms. The molecule has 1 heterocycles. The van der Waals surface area contributed by atoms with Crippen molar-refractivity contribution in [3.05, 3.63) is 47.9 Å². The van der Waals surface area contributed by atoms with E-state index in [0.717, 1.165) is 22.8 Å². The Morgan fingerprint density at radius 2 is 1.85 bits per heavy atom. The summed E-state index contributed by atoms with van der Waals surface area (Å²) in [5, 5.41) is 3.50. The van der Waals surface area contributed by atoms with Gasteiger partial charge in [0.1, 0.15) is 17.3 Å². The van der Waals surface area contributed by atoms with Crippen LogP contribution in [0.25, 0.3) is 0 Å². The van der Waals surface area contributed by atoms with Crippen LogP contribution in [-0.2, 0) is 0 Å². The minimum atomic E-state index is 0.131. The lowest BCUT2D eigenvalue weighted by Crippen LogP contribution is -2.22. The number of methoxy groups -OCH3 is 2. The van der Waals surface area contributed by atoms with Crippen molar-refractivity contribution in [1.82, 2.24) is 5.32 Å². The van der Waals surface area contributed by atoms with Crippen molar-refractivity contribution in [1.29, 1.82) is 0 Å². The van der Waals surface area contributed by atoms with E-state index in [-0.39, 0.29) is 12.1 Å². The predicted molar refractivity (Wildman–Crippen MR) is 78.2 cm³/mol. The van der Waals surface area contributed by atoms with Crippen molar-refractivity contribution >= 4 is 0 Å². The summed E-state index contributed by atoms with van der Waals surface area (Å²) in [6.07, 6.45) is 1.69. The first kappa shape index (κ1) is 14.5. The highest BCUT2D eigenvalue weighted by Crippen LogP contribution is 2.30. The Morgan fingerprint density at radius 3 is 2.45 bits per heavy atom. The number of furan rings is 1. The summed E-state index contributed by atoms with van der Waals surface area (Å²) in [6, 6.07) is 9.98. The normalized spacial score (nSPS) is 13.8. The summed E-state index contributed by atoms with van der Waals surface area (Å²) >= 11 is 0. The van der Waals surface area contributed by atoms with Gasteiger partial charge in [0.15, 0.2) is 0 Å². The Labute approximate surface area is 119 Å². The van der Waals surface area contributed by atoms with Crippen LogP contribution in [0.5, 0.6) is 11.5 Å². The molecule has 0 aliphatic heterocycles. The van der Waals surface area contributed by atoms with Crippen LogP contribution in [-0.4, -0.2) is 14.2 Å². The fourth-order valence-electron chi connectivity index (χ4n) is 2.26. The molecular formula is C16H21NO3. The summed E-state index contributed by atoms with van der Waals surface area (Å²) in [7, 11) is 3.32. The Hall–Kier alpha value is -1.94. The number of rotatable bonds is 6. The molecule has 1 N–H and O–H groups in total. The quantitative estimate of drug-likeness (QED) is 0.872. The summed E-state index contributed by atoms with van der Waals surface area (Å²) in [6.45, 7) is 4.18. The summed E-state index contributed by atoms with van der Waals surface area (Å²) in [4.78, 5) is 0. The molecule has 1 aromatic carbocycles. The molecule has 0 aliphatic carbocycles. The van der Waals surface area contributed by atoms with Crippen LogP contribution >= 0.6 is 0 Å². The van der Waals surface area contributed by atoms with Gasteiger partial charge >= 0.3 is 0 Å². The SMILES string of the molecule is COc1ccc(C(C)N[C@H](C)c2ccco2)c(OC)c1. The third-order valence-electron chi connectivity index (χ3n) is 3.38. The van der Waals surface area contributed by atoms with Gasteiger partial charge < -0.3 is 19.2 Å². The highest BCUT2D eigenvalue weighted by molar-refractivity contribution is 5.42. The summed E-state index contributed by atoms with van der Waals surface area (Å²) in [5.74, 6) is 2.53. The van der Waals surface area contributed by atoms with E-state index in [1.165, 1.54) is 0 Å². The molecule has 2 aromatic rings. The van der Waals surface area contributed by atoms with Gasteiger partial charge in [0, 0.05) is 17.7 Å². The van der Waals surface area contributed by atoms with Crippen LogP contribution in [0.15, 0.2) is 41.0 Å². The van der Waals surface area contributed by atoms with Crippen molar-refractivity contribution in [3.63, 3.8) is 0 Å². The summed E-state index contributed by atoms with van der Waals surface area (Å²) < 4.78 is 16.1. The number of ether oxygens (including phenoxy) is 2. The second-order valence-electron chi connectivity index (χ2n) is 4.73. The van der Waals surface area contributed by atoms with Gasteiger partial charge in [-0.15, -0.1) is 0 Å². The Balaban J connectivity index is 2.14. The molecule has 108 valence electrons. The third kappa shape index (κ3) is 3.14. The highest BCUT2D eigenvalue weighted by atomic mass is 16.5. The molecule has 0 amide bonds.